The second-order valence-corrected chi connectivity index (χ2v) is 5.48. The first-order valence-electron chi connectivity index (χ1n) is 6.00. The lowest BCUT2D eigenvalue weighted by atomic mass is 10.1. The molecule has 0 aliphatic rings. The van der Waals surface area contributed by atoms with E-state index in [1.807, 2.05) is 32.9 Å². The predicted octanol–water partition coefficient (Wildman–Crippen LogP) is 2.78. The Morgan fingerprint density at radius 3 is 2.53 bits per heavy atom. The number of methoxy groups -OCH3 is 1. The Morgan fingerprint density at radius 2 is 2.00 bits per heavy atom. The van der Waals surface area contributed by atoms with Gasteiger partial charge in [-0.2, -0.15) is 0 Å². The maximum absolute atomic E-state index is 12.5. The third-order valence-electron chi connectivity index (χ3n) is 2.84. The van der Waals surface area contributed by atoms with Crippen LogP contribution in [0.25, 0.3) is 0 Å². The fourth-order valence-electron chi connectivity index (χ4n) is 1.67. The quantitative estimate of drug-likeness (QED) is 0.799. The molecule has 0 N–H and O–H groups in total. The van der Waals surface area contributed by atoms with Crippen molar-refractivity contribution >= 4 is 27.8 Å². The number of hydrogen-bond donors (Lipinski definition) is 0. The van der Waals surface area contributed by atoms with Gasteiger partial charge in [-0.25, -0.2) is 0 Å². The Balaban J connectivity index is 3.05. The molecule has 0 saturated carbocycles. The monoisotopic (exact) mass is 327 g/mol. The first-order valence-corrected chi connectivity index (χ1v) is 6.80. The van der Waals surface area contributed by atoms with E-state index < -0.39 is 5.97 Å². The molecule has 1 rings (SSSR count). The van der Waals surface area contributed by atoms with E-state index in [2.05, 4.69) is 20.7 Å². The highest BCUT2D eigenvalue weighted by Gasteiger charge is 2.23. The van der Waals surface area contributed by atoms with Gasteiger partial charge in [0.15, 0.2) is 0 Å². The Hall–Kier alpha value is -1.36. The smallest absolute Gasteiger partial charge is 0.325 e. The Kier molecular flexibility index (Phi) is 5.54. The lowest BCUT2D eigenvalue weighted by molar-refractivity contribution is -0.141. The molecule has 4 nitrogen and oxygen atoms in total. The molecule has 0 bridgehead atoms. The zero-order valence-electron chi connectivity index (χ0n) is 11.6. The van der Waals surface area contributed by atoms with Crippen LogP contribution in [0, 0.1) is 6.92 Å². The van der Waals surface area contributed by atoms with Gasteiger partial charge in [0.1, 0.15) is 6.54 Å². The van der Waals surface area contributed by atoms with Gasteiger partial charge in [-0.3, -0.25) is 9.59 Å². The Labute approximate surface area is 121 Å². The van der Waals surface area contributed by atoms with E-state index in [9.17, 15) is 9.59 Å². The van der Waals surface area contributed by atoms with Crippen LogP contribution in [-0.4, -0.2) is 36.5 Å². The standard InChI is InChI=1S/C14H18BrNO3/c1-9(2)16(8-13(17)19-4)14(18)12-7-11(15)6-5-10(12)3/h5-7,9H,8H2,1-4H3. The minimum absolute atomic E-state index is 0.0427. The fraction of sp³-hybridized carbons (Fsp3) is 0.429. The van der Waals surface area contributed by atoms with E-state index >= 15 is 0 Å². The SMILES string of the molecule is COC(=O)CN(C(=O)c1cc(Br)ccc1C)C(C)C. The van der Waals surface area contributed by atoms with E-state index in [0.29, 0.717) is 5.56 Å². The summed E-state index contributed by atoms with van der Waals surface area (Å²) in [7, 11) is 1.32. The van der Waals surface area contributed by atoms with Crippen LogP contribution in [0.1, 0.15) is 29.8 Å². The first-order chi connectivity index (χ1) is 8.86. The molecule has 104 valence electrons. The van der Waals surface area contributed by atoms with Crippen molar-refractivity contribution in [1.82, 2.24) is 4.90 Å². The maximum Gasteiger partial charge on any atom is 0.325 e. The Morgan fingerprint density at radius 1 is 1.37 bits per heavy atom. The number of nitrogens with zero attached hydrogens (tertiary/aromatic N) is 1. The number of halogens is 1. The van der Waals surface area contributed by atoms with Crippen LogP contribution < -0.4 is 0 Å². The number of carbonyl (C=O) groups excluding carboxylic acids is 2. The molecule has 0 fully saturated rings. The lowest BCUT2D eigenvalue weighted by Gasteiger charge is -2.26. The van der Waals surface area contributed by atoms with Gasteiger partial charge in [-0.05, 0) is 38.5 Å². The minimum Gasteiger partial charge on any atom is -0.468 e. The van der Waals surface area contributed by atoms with E-state index in [0.717, 1.165) is 10.0 Å². The fourth-order valence-corrected chi connectivity index (χ4v) is 2.03. The van der Waals surface area contributed by atoms with Crippen molar-refractivity contribution < 1.29 is 14.3 Å². The van der Waals surface area contributed by atoms with Crippen LogP contribution in [0.15, 0.2) is 22.7 Å². The highest BCUT2D eigenvalue weighted by molar-refractivity contribution is 9.10. The number of aryl methyl sites for hydroxylation is 1. The summed E-state index contributed by atoms with van der Waals surface area (Å²) in [6, 6.07) is 5.44. The highest BCUT2D eigenvalue weighted by atomic mass is 79.9. The van der Waals surface area contributed by atoms with E-state index in [4.69, 9.17) is 0 Å². The summed E-state index contributed by atoms with van der Waals surface area (Å²) >= 11 is 3.35. The second kappa shape index (κ2) is 6.70. The third-order valence-corrected chi connectivity index (χ3v) is 3.33. The van der Waals surface area contributed by atoms with Crippen LogP contribution in [0.2, 0.25) is 0 Å². The van der Waals surface area contributed by atoms with Crippen molar-refractivity contribution in [3.8, 4) is 0 Å². The average Bonchev–Trinajstić information content (AvgIpc) is 2.37. The largest absolute Gasteiger partial charge is 0.468 e. The first kappa shape index (κ1) is 15.7. The zero-order valence-corrected chi connectivity index (χ0v) is 13.2. The van der Waals surface area contributed by atoms with Crippen molar-refractivity contribution in [2.24, 2.45) is 0 Å². The molecule has 19 heavy (non-hydrogen) atoms. The average molecular weight is 328 g/mol. The molecule has 0 atom stereocenters. The van der Waals surface area contributed by atoms with Crippen molar-refractivity contribution in [1.29, 1.82) is 0 Å². The highest BCUT2D eigenvalue weighted by Crippen LogP contribution is 2.18. The maximum atomic E-state index is 12.5. The van der Waals surface area contributed by atoms with Gasteiger partial charge < -0.3 is 9.64 Å². The van der Waals surface area contributed by atoms with Crippen molar-refractivity contribution in [3.05, 3.63) is 33.8 Å². The van der Waals surface area contributed by atoms with Gasteiger partial charge in [-0.15, -0.1) is 0 Å². The van der Waals surface area contributed by atoms with Crippen molar-refractivity contribution in [2.45, 2.75) is 26.8 Å². The molecule has 0 unspecified atom stereocenters. The molecule has 1 amide bonds. The Bertz CT molecular complexity index is 486. The minimum atomic E-state index is -0.422. The van der Waals surface area contributed by atoms with Crippen LogP contribution in [0.3, 0.4) is 0 Å². The third kappa shape index (κ3) is 4.06. The molecule has 0 heterocycles. The molecular formula is C14H18BrNO3. The van der Waals surface area contributed by atoms with E-state index in [-0.39, 0.29) is 18.5 Å². The second-order valence-electron chi connectivity index (χ2n) is 4.56. The van der Waals surface area contributed by atoms with Gasteiger partial charge in [0.25, 0.3) is 5.91 Å². The number of rotatable bonds is 4. The number of ether oxygens (including phenoxy) is 1. The van der Waals surface area contributed by atoms with Crippen LogP contribution >= 0.6 is 15.9 Å². The van der Waals surface area contributed by atoms with E-state index in [1.165, 1.54) is 12.0 Å². The summed E-state index contributed by atoms with van der Waals surface area (Å²) in [6.45, 7) is 5.57. The number of carbonyl (C=O) groups is 2. The molecule has 0 aromatic heterocycles. The normalized spacial score (nSPS) is 10.4. The molecular weight excluding hydrogens is 310 g/mol. The predicted molar refractivity (Wildman–Crippen MR) is 77.1 cm³/mol. The van der Waals surface area contributed by atoms with E-state index in [1.54, 1.807) is 6.07 Å². The molecule has 0 aliphatic heterocycles. The summed E-state index contributed by atoms with van der Waals surface area (Å²) < 4.78 is 5.47. The van der Waals surface area contributed by atoms with Crippen molar-refractivity contribution in [2.75, 3.05) is 13.7 Å². The molecule has 1 aromatic rings. The molecule has 0 saturated heterocycles. The number of hydrogen-bond acceptors (Lipinski definition) is 3. The van der Waals surface area contributed by atoms with Gasteiger partial charge >= 0.3 is 5.97 Å². The van der Waals surface area contributed by atoms with Crippen LogP contribution in [0.5, 0.6) is 0 Å². The summed E-state index contributed by atoms with van der Waals surface area (Å²) in [5.41, 5.74) is 1.47. The van der Waals surface area contributed by atoms with Gasteiger partial charge in [0.2, 0.25) is 0 Å². The number of amides is 1. The van der Waals surface area contributed by atoms with Crippen LogP contribution in [0.4, 0.5) is 0 Å². The lowest BCUT2D eigenvalue weighted by Crippen LogP contribution is -2.41. The summed E-state index contributed by atoms with van der Waals surface area (Å²) in [4.78, 5) is 25.4. The molecule has 0 spiro atoms. The van der Waals surface area contributed by atoms with Gasteiger partial charge in [0.05, 0.1) is 7.11 Å². The van der Waals surface area contributed by atoms with Crippen LogP contribution in [-0.2, 0) is 9.53 Å². The zero-order chi connectivity index (χ0) is 14.6. The molecule has 0 radical (unpaired) electrons. The molecule has 5 heteroatoms. The summed E-state index contributed by atoms with van der Waals surface area (Å²) in [6.07, 6.45) is 0. The number of esters is 1. The molecule has 1 aromatic carbocycles. The summed E-state index contributed by atoms with van der Waals surface area (Å²) in [5.74, 6) is -0.589. The van der Waals surface area contributed by atoms with Gasteiger partial charge in [-0.1, -0.05) is 22.0 Å². The summed E-state index contributed by atoms with van der Waals surface area (Å²) in [5, 5.41) is 0. The topological polar surface area (TPSA) is 46.6 Å². The molecule has 0 aliphatic carbocycles. The van der Waals surface area contributed by atoms with Crippen molar-refractivity contribution in [3.63, 3.8) is 0 Å². The number of benzene rings is 1. The van der Waals surface area contributed by atoms with Gasteiger partial charge in [0, 0.05) is 16.1 Å².